The van der Waals surface area contributed by atoms with Crippen molar-refractivity contribution in [2.75, 3.05) is 32.1 Å². The number of aromatic nitrogens is 1. The van der Waals surface area contributed by atoms with Crippen molar-refractivity contribution in [3.8, 4) is 0 Å². The van der Waals surface area contributed by atoms with E-state index in [0.717, 1.165) is 12.1 Å². The number of nitrogens with two attached hydrogens (primary N) is 1. The van der Waals surface area contributed by atoms with Crippen LogP contribution in [0.4, 0.5) is 5.82 Å². The average molecular weight is 291 g/mol. The van der Waals surface area contributed by atoms with E-state index >= 15 is 0 Å². The molecule has 7 heteroatoms. The third-order valence-electron chi connectivity index (χ3n) is 3.60. The molecule has 1 aliphatic heterocycles. The van der Waals surface area contributed by atoms with E-state index in [9.17, 15) is 9.59 Å². The van der Waals surface area contributed by atoms with E-state index in [1.54, 1.807) is 29.0 Å². The molecule has 3 N–H and O–H groups in total. The molecule has 1 aromatic rings. The molecule has 114 valence electrons. The first-order chi connectivity index (χ1) is 10.0. The fraction of sp³-hybridized carbons (Fsp3) is 0.500. The fourth-order valence-electron chi connectivity index (χ4n) is 2.31. The van der Waals surface area contributed by atoms with E-state index < -0.39 is 0 Å². The second kappa shape index (κ2) is 6.53. The molecule has 0 saturated carbocycles. The van der Waals surface area contributed by atoms with Crippen molar-refractivity contribution in [1.29, 1.82) is 0 Å². The fourth-order valence-corrected chi connectivity index (χ4v) is 2.31. The zero-order valence-electron chi connectivity index (χ0n) is 12.4. The smallest absolute Gasteiger partial charge is 0.254 e. The number of nitrogens with zero attached hydrogens (tertiary/aromatic N) is 3. The number of aryl methyl sites for hydroxylation is 1. The molecule has 2 amide bonds. The highest BCUT2D eigenvalue weighted by Crippen LogP contribution is 2.14. The van der Waals surface area contributed by atoms with Crippen LogP contribution in [0.25, 0.3) is 0 Å². The number of hydrazine groups is 1. The van der Waals surface area contributed by atoms with Crippen LogP contribution in [0.2, 0.25) is 0 Å². The molecule has 0 aliphatic carbocycles. The SMILES string of the molecule is CCc1cc(C(=O)N2CCCN(C)C(=O)C2)cc(NN)n1. The van der Waals surface area contributed by atoms with Crippen molar-refractivity contribution < 1.29 is 9.59 Å². The zero-order chi connectivity index (χ0) is 15.4. The van der Waals surface area contributed by atoms with Gasteiger partial charge in [0.15, 0.2) is 0 Å². The van der Waals surface area contributed by atoms with Crippen LogP contribution in [0.15, 0.2) is 12.1 Å². The largest absolute Gasteiger partial charge is 0.344 e. The van der Waals surface area contributed by atoms with E-state index in [1.807, 2.05) is 6.92 Å². The summed E-state index contributed by atoms with van der Waals surface area (Å²) in [7, 11) is 1.76. The van der Waals surface area contributed by atoms with Crippen LogP contribution in [0.1, 0.15) is 29.4 Å². The number of hydrogen-bond acceptors (Lipinski definition) is 5. The van der Waals surface area contributed by atoms with Gasteiger partial charge in [-0.05, 0) is 25.0 Å². The Bertz CT molecular complexity index is 524. The lowest BCUT2D eigenvalue weighted by molar-refractivity contribution is -0.129. The molecular weight excluding hydrogens is 270 g/mol. The predicted octanol–water partition coefficient (Wildman–Crippen LogP) is 0.234. The van der Waals surface area contributed by atoms with Crippen molar-refractivity contribution in [3.63, 3.8) is 0 Å². The van der Waals surface area contributed by atoms with Crippen molar-refractivity contribution in [2.24, 2.45) is 5.84 Å². The lowest BCUT2D eigenvalue weighted by Gasteiger charge is -2.20. The topological polar surface area (TPSA) is 91.6 Å². The molecule has 0 atom stereocenters. The van der Waals surface area contributed by atoms with Crippen LogP contribution in [0.3, 0.4) is 0 Å². The van der Waals surface area contributed by atoms with Gasteiger partial charge >= 0.3 is 0 Å². The van der Waals surface area contributed by atoms with Gasteiger partial charge in [0.05, 0.1) is 0 Å². The quantitative estimate of drug-likeness (QED) is 0.614. The van der Waals surface area contributed by atoms with E-state index in [4.69, 9.17) is 5.84 Å². The maximum Gasteiger partial charge on any atom is 0.254 e. The number of carbonyl (C=O) groups is 2. The maximum atomic E-state index is 12.6. The molecule has 1 aromatic heterocycles. The Kier molecular flexibility index (Phi) is 4.74. The molecule has 21 heavy (non-hydrogen) atoms. The normalized spacial score (nSPS) is 15.9. The number of nitrogen functional groups attached to an aromatic ring is 1. The van der Waals surface area contributed by atoms with Gasteiger partial charge in [-0.15, -0.1) is 0 Å². The third kappa shape index (κ3) is 3.49. The van der Waals surface area contributed by atoms with Crippen LogP contribution in [-0.4, -0.2) is 53.3 Å². The van der Waals surface area contributed by atoms with Crippen LogP contribution in [-0.2, 0) is 11.2 Å². The molecule has 1 fully saturated rings. The summed E-state index contributed by atoms with van der Waals surface area (Å²) in [6, 6.07) is 3.36. The number of rotatable bonds is 3. The summed E-state index contributed by atoms with van der Waals surface area (Å²) in [5, 5.41) is 0. The summed E-state index contributed by atoms with van der Waals surface area (Å²) >= 11 is 0. The van der Waals surface area contributed by atoms with Gasteiger partial charge in [0.25, 0.3) is 5.91 Å². The van der Waals surface area contributed by atoms with Gasteiger partial charge < -0.3 is 15.2 Å². The molecule has 2 rings (SSSR count). The molecule has 1 saturated heterocycles. The minimum Gasteiger partial charge on any atom is -0.344 e. The van der Waals surface area contributed by atoms with Gasteiger partial charge in [-0.3, -0.25) is 9.59 Å². The summed E-state index contributed by atoms with van der Waals surface area (Å²) in [5.74, 6) is 5.64. The van der Waals surface area contributed by atoms with Crippen LogP contribution >= 0.6 is 0 Å². The Labute approximate surface area is 124 Å². The highest BCUT2D eigenvalue weighted by molar-refractivity contribution is 5.97. The second-order valence-electron chi connectivity index (χ2n) is 5.13. The first-order valence-electron chi connectivity index (χ1n) is 7.06. The number of likely N-dealkylation sites (N-methyl/N-ethyl adjacent to an activating group) is 1. The summed E-state index contributed by atoms with van der Waals surface area (Å²) in [6.07, 6.45) is 1.49. The van der Waals surface area contributed by atoms with Gasteiger partial charge in [-0.25, -0.2) is 10.8 Å². The van der Waals surface area contributed by atoms with E-state index in [1.165, 1.54) is 0 Å². The van der Waals surface area contributed by atoms with Crippen molar-refractivity contribution >= 4 is 17.6 Å². The maximum absolute atomic E-state index is 12.6. The van der Waals surface area contributed by atoms with E-state index in [0.29, 0.717) is 30.9 Å². The monoisotopic (exact) mass is 291 g/mol. The van der Waals surface area contributed by atoms with Crippen molar-refractivity contribution in [1.82, 2.24) is 14.8 Å². The standard InChI is InChI=1S/C14H21N5O2/c1-3-11-7-10(8-12(16-11)17-15)14(21)19-6-4-5-18(2)13(20)9-19/h7-8H,3-6,9,15H2,1-2H3,(H,16,17). The Morgan fingerprint density at radius 3 is 2.86 bits per heavy atom. The first kappa shape index (κ1) is 15.2. The number of amides is 2. The molecule has 0 aromatic carbocycles. The summed E-state index contributed by atoms with van der Waals surface area (Å²) < 4.78 is 0. The number of nitrogens with one attached hydrogen (secondary N) is 1. The van der Waals surface area contributed by atoms with Gasteiger partial charge in [0.2, 0.25) is 5.91 Å². The number of carbonyl (C=O) groups excluding carboxylic acids is 2. The zero-order valence-corrected chi connectivity index (χ0v) is 12.4. The summed E-state index contributed by atoms with van der Waals surface area (Å²) in [5.41, 5.74) is 3.76. The van der Waals surface area contributed by atoms with Crippen LogP contribution in [0, 0.1) is 0 Å². The lowest BCUT2D eigenvalue weighted by Crippen LogP contribution is -2.38. The molecular formula is C14H21N5O2. The molecule has 0 bridgehead atoms. The molecule has 0 unspecified atom stereocenters. The minimum atomic E-state index is -0.160. The number of pyridine rings is 1. The second-order valence-corrected chi connectivity index (χ2v) is 5.13. The highest BCUT2D eigenvalue weighted by Gasteiger charge is 2.24. The summed E-state index contributed by atoms with van der Waals surface area (Å²) in [4.78, 5) is 32.0. The van der Waals surface area contributed by atoms with Crippen molar-refractivity contribution in [3.05, 3.63) is 23.4 Å². The molecule has 0 radical (unpaired) electrons. The molecule has 2 heterocycles. The Morgan fingerprint density at radius 2 is 2.19 bits per heavy atom. The lowest BCUT2D eigenvalue weighted by atomic mass is 10.1. The predicted molar refractivity (Wildman–Crippen MR) is 79.6 cm³/mol. The van der Waals surface area contributed by atoms with Crippen LogP contribution < -0.4 is 11.3 Å². The van der Waals surface area contributed by atoms with E-state index in [-0.39, 0.29) is 18.4 Å². The molecule has 7 nitrogen and oxygen atoms in total. The Morgan fingerprint density at radius 1 is 1.43 bits per heavy atom. The van der Waals surface area contributed by atoms with Gasteiger partial charge in [-0.2, -0.15) is 0 Å². The first-order valence-corrected chi connectivity index (χ1v) is 7.06. The van der Waals surface area contributed by atoms with Gasteiger partial charge in [0, 0.05) is 31.4 Å². The Hall–Kier alpha value is -2.15. The Balaban J connectivity index is 2.24. The van der Waals surface area contributed by atoms with Gasteiger partial charge in [-0.1, -0.05) is 6.92 Å². The number of hydrogen-bond donors (Lipinski definition) is 2. The summed E-state index contributed by atoms with van der Waals surface area (Å²) in [6.45, 7) is 3.32. The number of anilines is 1. The van der Waals surface area contributed by atoms with Gasteiger partial charge in [0.1, 0.15) is 12.4 Å². The third-order valence-corrected chi connectivity index (χ3v) is 3.60. The average Bonchev–Trinajstić information content (AvgIpc) is 2.67. The minimum absolute atomic E-state index is 0.0391. The highest BCUT2D eigenvalue weighted by atomic mass is 16.2. The van der Waals surface area contributed by atoms with E-state index in [2.05, 4.69) is 10.4 Å². The molecule has 0 spiro atoms. The van der Waals surface area contributed by atoms with Crippen LogP contribution in [0.5, 0.6) is 0 Å². The van der Waals surface area contributed by atoms with Crippen molar-refractivity contribution in [2.45, 2.75) is 19.8 Å². The molecule has 1 aliphatic rings.